The van der Waals surface area contributed by atoms with Crippen molar-refractivity contribution in [3.8, 4) is 0 Å². The average molecular weight is 306 g/mol. The summed E-state index contributed by atoms with van der Waals surface area (Å²) < 4.78 is 10.8. The van der Waals surface area contributed by atoms with Crippen LogP contribution in [0, 0.1) is 23.7 Å². The van der Waals surface area contributed by atoms with E-state index in [0.717, 1.165) is 30.8 Å². The number of carbonyl (C=O) groups is 2. The zero-order valence-electron chi connectivity index (χ0n) is 13.4. The molecule has 0 aliphatic heterocycles. The van der Waals surface area contributed by atoms with Crippen LogP contribution >= 0.6 is 0 Å². The Balaban J connectivity index is 1.70. The van der Waals surface area contributed by atoms with Gasteiger partial charge in [-0.1, -0.05) is 19.9 Å². The van der Waals surface area contributed by atoms with Crippen LogP contribution in [0.5, 0.6) is 0 Å². The number of rotatable bonds is 6. The lowest BCUT2D eigenvalue weighted by Crippen LogP contribution is -2.59. The van der Waals surface area contributed by atoms with Gasteiger partial charge in [-0.25, -0.2) is 9.59 Å². The van der Waals surface area contributed by atoms with E-state index in [0.29, 0.717) is 11.8 Å². The monoisotopic (exact) mass is 306 g/mol. The molecule has 0 radical (unpaired) electrons. The summed E-state index contributed by atoms with van der Waals surface area (Å²) in [5.41, 5.74) is -0.306. The highest BCUT2D eigenvalue weighted by molar-refractivity contribution is 5.83. The van der Waals surface area contributed by atoms with Gasteiger partial charge in [0.1, 0.15) is 5.60 Å². The smallest absolute Gasteiger partial charge is 0.344 e. The molecule has 0 N–H and O–H groups in total. The van der Waals surface area contributed by atoms with Crippen LogP contribution in [0.25, 0.3) is 0 Å². The van der Waals surface area contributed by atoms with Crippen LogP contribution < -0.4 is 0 Å². The molecule has 0 spiro atoms. The lowest BCUT2D eigenvalue weighted by Gasteiger charge is -2.60. The minimum absolute atomic E-state index is 0.303. The topological polar surface area (TPSA) is 52.6 Å². The van der Waals surface area contributed by atoms with E-state index in [4.69, 9.17) is 9.47 Å². The molecular weight excluding hydrogens is 280 g/mol. The molecule has 4 rings (SSSR count). The summed E-state index contributed by atoms with van der Waals surface area (Å²) in [5, 5.41) is 0. The molecule has 4 heteroatoms. The van der Waals surface area contributed by atoms with Gasteiger partial charge in [0.2, 0.25) is 0 Å². The maximum Gasteiger partial charge on any atom is 0.344 e. The quantitative estimate of drug-likeness (QED) is 0.558. The van der Waals surface area contributed by atoms with Crippen molar-refractivity contribution >= 4 is 11.9 Å². The van der Waals surface area contributed by atoms with Crippen molar-refractivity contribution < 1.29 is 19.1 Å². The highest BCUT2D eigenvalue weighted by atomic mass is 16.6. The zero-order valence-corrected chi connectivity index (χ0v) is 13.4. The number of esters is 2. The molecule has 22 heavy (non-hydrogen) atoms. The summed E-state index contributed by atoms with van der Waals surface area (Å²) in [5.74, 6) is 1.70. The normalized spacial score (nSPS) is 38.6. The summed E-state index contributed by atoms with van der Waals surface area (Å²) in [6.07, 6.45) is 9.20. The number of hydrogen-bond acceptors (Lipinski definition) is 4. The van der Waals surface area contributed by atoms with Gasteiger partial charge in [0.15, 0.2) is 6.61 Å². The predicted octanol–water partition coefficient (Wildman–Crippen LogP) is 3.25. The van der Waals surface area contributed by atoms with Crippen LogP contribution in [0.3, 0.4) is 0 Å². The van der Waals surface area contributed by atoms with Gasteiger partial charge in [-0.2, -0.15) is 0 Å². The van der Waals surface area contributed by atoms with E-state index in [1.54, 1.807) is 0 Å². The first-order valence-corrected chi connectivity index (χ1v) is 8.58. The van der Waals surface area contributed by atoms with E-state index in [1.165, 1.54) is 32.1 Å². The minimum Gasteiger partial charge on any atom is -0.456 e. The van der Waals surface area contributed by atoms with Gasteiger partial charge in [0.25, 0.3) is 0 Å². The SMILES string of the molecule is C=CC(=O)OCC(=O)OC1(CCC)C2CC3CC(C2)CC1C3. The Kier molecular flexibility index (Phi) is 4.28. The standard InChI is InChI=1S/C18H26O4/c1-3-5-18(22-17(20)11-21-16(19)4-2)14-7-12-6-13(9-14)10-15(18)8-12/h4,12-15H,2-3,5-11H2,1H3. The first kappa shape index (κ1) is 15.6. The second-order valence-corrected chi connectivity index (χ2v) is 7.30. The fraction of sp³-hybridized carbons (Fsp3) is 0.778. The molecule has 0 heterocycles. The summed E-state index contributed by atoms with van der Waals surface area (Å²) in [6.45, 7) is 5.18. The summed E-state index contributed by atoms with van der Waals surface area (Å²) in [7, 11) is 0. The third-order valence-corrected chi connectivity index (χ3v) is 5.96. The third kappa shape index (κ3) is 2.68. The van der Waals surface area contributed by atoms with Crippen molar-refractivity contribution in [2.45, 2.75) is 57.5 Å². The Morgan fingerprint density at radius 3 is 2.23 bits per heavy atom. The Morgan fingerprint density at radius 2 is 1.73 bits per heavy atom. The Labute approximate surface area is 132 Å². The lowest BCUT2D eigenvalue weighted by atomic mass is 9.49. The van der Waals surface area contributed by atoms with Gasteiger partial charge in [0.05, 0.1) is 0 Å². The van der Waals surface area contributed by atoms with E-state index in [1.807, 2.05) is 0 Å². The van der Waals surface area contributed by atoms with Crippen LogP contribution in [0.2, 0.25) is 0 Å². The van der Waals surface area contributed by atoms with E-state index < -0.39 is 11.9 Å². The van der Waals surface area contributed by atoms with Gasteiger partial charge >= 0.3 is 11.9 Å². The van der Waals surface area contributed by atoms with Gasteiger partial charge in [-0.05, 0) is 62.2 Å². The van der Waals surface area contributed by atoms with Gasteiger partial charge in [-0.15, -0.1) is 0 Å². The largest absolute Gasteiger partial charge is 0.456 e. The van der Waals surface area contributed by atoms with Crippen molar-refractivity contribution in [3.05, 3.63) is 12.7 Å². The predicted molar refractivity (Wildman–Crippen MR) is 81.9 cm³/mol. The second kappa shape index (κ2) is 6.05. The molecule has 4 nitrogen and oxygen atoms in total. The molecule has 0 saturated heterocycles. The molecular formula is C18H26O4. The zero-order chi connectivity index (χ0) is 15.7. The van der Waals surface area contributed by atoms with Crippen LogP contribution in [0.15, 0.2) is 12.7 Å². The first-order chi connectivity index (χ1) is 10.6. The number of ether oxygens (including phenoxy) is 2. The molecule has 0 aromatic heterocycles. The lowest BCUT2D eigenvalue weighted by molar-refractivity contribution is -0.215. The number of carbonyl (C=O) groups excluding carboxylic acids is 2. The fourth-order valence-electron chi connectivity index (χ4n) is 5.43. The van der Waals surface area contributed by atoms with Crippen molar-refractivity contribution in [1.82, 2.24) is 0 Å². The maximum atomic E-state index is 12.2. The van der Waals surface area contributed by atoms with Crippen LogP contribution in [0.1, 0.15) is 51.9 Å². The molecule has 4 bridgehead atoms. The molecule has 0 aromatic rings. The van der Waals surface area contributed by atoms with Crippen LogP contribution in [-0.4, -0.2) is 24.1 Å². The molecule has 4 aliphatic rings. The molecule has 4 aliphatic carbocycles. The summed E-state index contributed by atoms with van der Waals surface area (Å²) in [4.78, 5) is 23.3. The Morgan fingerprint density at radius 1 is 1.14 bits per heavy atom. The van der Waals surface area contributed by atoms with Crippen molar-refractivity contribution in [3.63, 3.8) is 0 Å². The molecule has 0 atom stereocenters. The maximum absolute atomic E-state index is 12.2. The Hall–Kier alpha value is -1.32. The van der Waals surface area contributed by atoms with Crippen molar-refractivity contribution in [2.75, 3.05) is 6.61 Å². The summed E-state index contributed by atoms with van der Waals surface area (Å²) in [6, 6.07) is 0. The summed E-state index contributed by atoms with van der Waals surface area (Å²) >= 11 is 0. The molecule has 4 saturated carbocycles. The highest BCUT2D eigenvalue weighted by Crippen LogP contribution is 2.60. The number of hydrogen-bond donors (Lipinski definition) is 0. The molecule has 0 unspecified atom stereocenters. The van der Waals surface area contributed by atoms with E-state index in [2.05, 4.69) is 13.5 Å². The van der Waals surface area contributed by atoms with E-state index >= 15 is 0 Å². The molecule has 4 fully saturated rings. The fourth-order valence-corrected chi connectivity index (χ4v) is 5.43. The molecule has 0 aromatic carbocycles. The average Bonchev–Trinajstić information content (AvgIpc) is 2.49. The Bertz CT molecular complexity index is 440. The molecule has 122 valence electrons. The van der Waals surface area contributed by atoms with Crippen LogP contribution in [-0.2, 0) is 19.1 Å². The van der Waals surface area contributed by atoms with Crippen molar-refractivity contribution in [2.24, 2.45) is 23.7 Å². The second-order valence-electron chi connectivity index (χ2n) is 7.30. The van der Waals surface area contributed by atoms with E-state index in [-0.39, 0.29) is 12.2 Å². The van der Waals surface area contributed by atoms with Crippen molar-refractivity contribution in [1.29, 1.82) is 0 Å². The van der Waals surface area contributed by atoms with E-state index in [9.17, 15) is 9.59 Å². The first-order valence-electron chi connectivity index (χ1n) is 8.58. The third-order valence-electron chi connectivity index (χ3n) is 5.96. The molecule has 0 amide bonds. The highest BCUT2D eigenvalue weighted by Gasteiger charge is 2.58. The minimum atomic E-state index is -0.577. The van der Waals surface area contributed by atoms with Crippen LogP contribution in [0.4, 0.5) is 0 Å². The van der Waals surface area contributed by atoms with Gasteiger partial charge < -0.3 is 9.47 Å². The van der Waals surface area contributed by atoms with Gasteiger partial charge in [0, 0.05) is 6.08 Å². The van der Waals surface area contributed by atoms with Gasteiger partial charge in [-0.3, -0.25) is 0 Å².